The van der Waals surface area contributed by atoms with Crippen molar-refractivity contribution in [3.8, 4) is 0 Å². The molecule has 5 nitrogen and oxygen atoms in total. The van der Waals surface area contributed by atoms with Gasteiger partial charge in [-0.3, -0.25) is 4.79 Å². The first-order valence-corrected chi connectivity index (χ1v) is 7.38. The molecule has 0 fully saturated rings. The number of nitrogens with zero attached hydrogens (tertiary/aromatic N) is 1. The molecule has 1 aliphatic rings. The van der Waals surface area contributed by atoms with Gasteiger partial charge in [0.15, 0.2) is 0 Å². The van der Waals surface area contributed by atoms with Gasteiger partial charge in [-0.25, -0.2) is 4.79 Å². The minimum absolute atomic E-state index is 0.0756. The number of carboxylic acid groups (broad SMARTS) is 1. The van der Waals surface area contributed by atoms with Crippen molar-refractivity contribution in [3.63, 3.8) is 0 Å². The number of carbonyl (C=O) groups is 2. The Hall–Kier alpha value is -1.88. The molecule has 1 aromatic rings. The summed E-state index contributed by atoms with van der Waals surface area (Å²) < 4.78 is 0. The second kappa shape index (κ2) is 6.26. The summed E-state index contributed by atoms with van der Waals surface area (Å²) >= 11 is 0. The lowest BCUT2D eigenvalue weighted by Gasteiger charge is -2.33. The molecule has 0 saturated heterocycles. The molecule has 0 saturated carbocycles. The number of aryl methyl sites for hydroxylation is 1. The Morgan fingerprint density at radius 3 is 2.76 bits per heavy atom. The normalized spacial score (nSPS) is 17.0. The van der Waals surface area contributed by atoms with Crippen LogP contribution in [0.5, 0.6) is 0 Å². The third kappa shape index (κ3) is 3.08. The Morgan fingerprint density at radius 2 is 2.14 bits per heavy atom. The van der Waals surface area contributed by atoms with E-state index >= 15 is 0 Å². The first-order chi connectivity index (χ1) is 9.95. The fraction of sp³-hybridized carbons (Fsp3) is 0.500. The van der Waals surface area contributed by atoms with Crippen molar-refractivity contribution < 1.29 is 14.7 Å². The van der Waals surface area contributed by atoms with E-state index in [1.807, 2.05) is 13.8 Å². The number of amides is 1. The molecule has 0 radical (unpaired) electrons. The predicted octanol–water partition coefficient (Wildman–Crippen LogP) is 2.04. The smallest absolute Gasteiger partial charge is 0.335 e. The first kappa shape index (κ1) is 15.5. The van der Waals surface area contributed by atoms with Gasteiger partial charge in [-0.05, 0) is 42.5 Å². The van der Waals surface area contributed by atoms with Crippen LogP contribution in [0.3, 0.4) is 0 Å². The largest absolute Gasteiger partial charge is 0.478 e. The molecule has 3 N–H and O–H groups in total. The van der Waals surface area contributed by atoms with Crippen molar-refractivity contribution >= 4 is 17.6 Å². The van der Waals surface area contributed by atoms with Crippen LogP contribution in [0.15, 0.2) is 18.2 Å². The Balaban J connectivity index is 2.30. The number of fused-ring (bicyclic) bond motifs is 1. The maximum absolute atomic E-state index is 12.6. The fourth-order valence-electron chi connectivity index (χ4n) is 2.64. The number of carbonyl (C=O) groups excluding carboxylic acids is 1. The third-order valence-corrected chi connectivity index (χ3v) is 4.25. The molecular weight excluding hydrogens is 268 g/mol. The number of hydrogen-bond donors (Lipinski definition) is 2. The zero-order valence-corrected chi connectivity index (χ0v) is 12.5. The first-order valence-electron chi connectivity index (χ1n) is 7.38. The van der Waals surface area contributed by atoms with Crippen molar-refractivity contribution in [1.82, 2.24) is 0 Å². The van der Waals surface area contributed by atoms with Crippen LogP contribution < -0.4 is 10.6 Å². The number of carboxylic acids is 1. The third-order valence-electron chi connectivity index (χ3n) is 4.25. The maximum atomic E-state index is 12.6. The molecule has 1 aromatic carbocycles. The second-order valence-electron chi connectivity index (χ2n) is 5.65. The Kier molecular flexibility index (Phi) is 4.63. The summed E-state index contributed by atoms with van der Waals surface area (Å²) in [7, 11) is 0. The number of aromatic carboxylic acids is 1. The van der Waals surface area contributed by atoms with Crippen LogP contribution in [0, 0.1) is 5.92 Å². The van der Waals surface area contributed by atoms with Gasteiger partial charge in [-0.2, -0.15) is 0 Å². The van der Waals surface area contributed by atoms with Gasteiger partial charge < -0.3 is 15.7 Å². The highest BCUT2D eigenvalue weighted by Crippen LogP contribution is 2.29. The van der Waals surface area contributed by atoms with Crippen LogP contribution >= 0.6 is 0 Å². The summed E-state index contributed by atoms with van der Waals surface area (Å²) in [4.78, 5) is 25.3. The molecule has 5 heteroatoms. The molecule has 1 heterocycles. The van der Waals surface area contributed by atoms with Crippen LogP contribution in [0.4, 0.5) is 5.69 Å². The molecule has 2 atom stereocenters. The van der Waals surface area contributed by atoms with E-state index in [2.05, 4.69) is 0 Å². The maximum Gasteiger partial charge on any atom is 0.335 e. The molecule has 1 aliphatic heterocycles. The van der Waals surface area contributed by atoms with E-state index in [-0.39, 0.29) is 17.4 Å². The molecule has 2 rings (SSSR count). The highest BCUT2D eigenvalue weighted by molar-refractivity contribution is 5.99. The van der Waals surface area contributed by atoms with Crippen LogP contribution in [-0.2, 0) is 11.2 Å². The van der Waals surface area contributed by atoms with Gasteiger partial charge in [-0.15, -0.1) is 0 Å². The number of nitrogens with two attached hydrogens (primary N) is 1. The molecule has 21 heavy (non-hydrogen) atoms. The minimum atomic E-state index is -0.947. The van der Waals surface area contributed by atoms with E-state index in [0.29, 0.717) is 6.54 Å². The Morgan fingerprint density at radius 1 is 1.43 bits per heavy atom. The Bertz CT molecular complexity index is 556. The molecule has 1 unspecified atom stereocenters. The lowest BCUT2D eigenvalue weighted by molar-refractivity contribution is -0.120. The summed E-state index contributed by atoms with van der Waals surface area (Å²) in [5.74, 6) is -0.896. The van der Waals surface area contributed by atoms with E-state index in [1.165, 1.54) is 0 Å². The monoisotopic (exact) mass is 290 g/mol. The Labute approximate surface area is 124 Å². The van der Waals surface area contributed by atoms with Crippen LogP contribution in [0.2, 0.25) is 0 Å². The van der Waals surface area contributed by atoms with Crippen molar-refractivity contribution in [2.24, 2.45) is 11.7 Å². The van der Waals surface area contributed by atoms with E-state index in [1.54, 1.807) is 23.1 Å². The SMILES string of the molecule is CCC(C)[C@H](N)C(=O)N1CCCc2cc(C(=O)O)ccc21. The number of rotatable bonds is 4. The van der Waals surface area contributed by atoms with E-state index in [0.717, 1.165) is 30.5 Å². The quantitative estimate of drug-likeness (QED) is 0.888. The zero-order valence-electron chi connectivity index (χ0n) is 12.5. The highest BCUT2D eigenvalue weighted by Gasteiger charge is 2.29. The van der Waals surface area contributed by atoms with Gasteiger partial charge in [-0.1, -0.05) is 20.3 Å². The lowest BCUT2D eigenvalue weighted by Crippen LogP contribution is -2.48. The summed E-state index contributed by atoms with van der Waals surface area (Å²) in [6, 6.07) is 4.41. The fourth-order valence-corrected chi connectivity index (χ4v) is 2.64. The minimum Gasteiger partial charge on any atom is -0.478 e. The molecule has 0 bridgehead atoms. The summed E-state index contributed by atoms with van der Waals surface area (Å²) in [6.45, 7) is 4.63. The highest BCUT2D eigenvalue weighted by atomic mass is 16.4. The lowest BCUT2D eigenvalue weighted by atomic mass is 9.95. The average Bonchev–Trinajstić information content (AvgIpc) is 2.51. The van der Waals surface area contributed by atoms with Gasteiger partial charge in [0.1, 0.15) is 0 Å². The van der Waals surface area contributed by atoms with Crippen LogP contribution in [0.25, 0.3) is 0 Å². The van der Waals surface area contributed by atoms with E-state index in [9.17, 15) is 9.59 Å². The number of hydrogen-bond acceptors (Lipinski definition) is 3. The molecule has 0 aliphatic carbocycles. The zero-order chi connectivity index (χ0) is 15.6. The second-order valence-corrected chi connectivity index (χ2v) is 5.65. The summed E-state index contributed by atoms with van der Waals surface area (Å²) in [6.07, 6.45) is 2.47. The van der Waals surface area contributed by atoms with Crippen molar-refractivity contribution in [2.75, 3.05) is 11.4 Å². The topological polar surface area (TPSA) is 83.6 Å². The average molecular weight is 290 g/mol. The summed E-state index contributed by atoms with van der Waals surface area (Å²) in [5, 5.41) is 9.05. The number of benzene rings is 1. The van der Waals surface area contributed by atoms with Crippen molar-refractivity contribution in [1.29, 1.82) is 0 Å². The van der Waals surface area contributed by atoms with Gasteiger partial charge in [0.2, 0.25) is 5.91 Å². The van der Waals surface area contributed by atoms with Crippen LogP contribution in [-0.4, -0.2) is 29.6 Å². The summed E-state index contributed by atoms with van der Waals surface area (Å²) in [5.41, 5.74) is 8.02. The van der Waals surface area contributed by atoms with Crippen molar-refractivity contribution in [3.05, 3.63) is 29.3 Å². The van der Waals surface area contributed by atoms with Gasteiger partial charge >= 0.3 is 5.97 Å². The number of anilines is 1. The van der Waals surface area contributed by atoms with Crippen LogP contribution in [0.1, 0.15) is 42.6 Å². The van der Waals surface area contributed by atoms with Gasteiger partial charge in [0.05, 0.1) is 11.6 Å². The van der Waals surface area contributed by atoms with Gasteiger partial charge in [0, 0.05) is 12.2 Å². The van der Waals surface area contributed by atoms with Crippen molar-refractivity contribution in [2.45, 2.75) is 39.2 Å². The van der Waals surface area contributed by atoms with E-state index < -0.39 is 12.0 Å². The molecule has 0 aromatic heterocycles. The molecular formula is C16H22N2O3. The van der Waals surface area contributed by atoms with Gasteiger partial charge in [0.25, 0.3) is 0 Å². The standard InChI is InChI=1S/C16H22N2O3/c1-3-10(2)14(17)15(19)18-8-4-5-11-9-12(16(20)21)6-7-13(11)18/h6-7,9-10,14H,3-5,8,17H2,1-2H3,(H,20,21)/t10?,14-/m0/s1. The molecule has 114 valence electrons. The molecule has 1 amide bonds. The van der Waals surface area contributed by atoms with E-state index in [4.69, 9.17) is 10.8 Å². The predicted molar refractivity (Wildman–Crippen MR) is 81.5 cm³/mol. The molecule has 0 spiro atoms.